The van der Waals surface area contributed by atoms with E-state index < -0.39 is 0 Å². The smallest absolute Gasteiger partial charge is 0.125 e. The van der Waals surface area contributed by atoms with Gasteiger partial charge in [0, 0.05) is 12.1 Å². The van der Waals surface area contributed by atoms with E-state index in [0.29, 0.717) is 17.3 Å². The molecule has 0 bridgehead atoms. The van der Waals surface area contributed by atoms with Crippen LogP contribution >= 0.6 is 11.6 Å². The molecule has 0 fully saturated rings. The molecule has 0 aliphatic carbocycles. The van der Waals surface area contributed by atoms with Crippen LogP contribution in [0.5, 0.6) is 0 Å². The Balaban J connectivity index is 2.92. The second-order valence-electron chi connectivity index (χ2n) is 3.87. The summed E-state index contributed by atoms with van der Waals surface area (Å²) in [7, 11) is 0. The molecule has 0 amide bonds. The van der Waals surface area contributed by atoms with Crippen molar-refractivity contribution in [3.8, 4) is 0 Å². The highest BCUT2D eigenvalue weighted by molar-refractivity contribution is 6.33. The quantitative estimate of drug-likeness (QED) is 0.835. The highest BCUT2D eigenvalue weighted by Gasteiger charge is 2.20. The van der Waals surface area contributed by atoms with Gasteiger partial charge in [-0.2, -0.15) is 0 Å². The minimum absolute atomic E-state index is 0.253. The molecule has 4 heteroatoms. The van der Waals surface area contributed by atoms with Gasteiger partial charge >= 0.3 is 0 Å². The predicted molar refractivity (Wildman–Crippen MR) is 62.8 cm³/mol. The minimum Gasteiger partial charge on any atom is -0.377 e. The molecule has 0 saturated carbocycles. The summed E-state index contributed by atoms with van der Waals surface area (Å²) < 4.78 is 13.0. The van der Waals surface area contributed by atoms with E-state index in [2.05, 4.69) is 5.32 Å². The lowest BCUT2D eigenvalue weighted by atomic mass is 9.99. The van der Waals surface area contributed by atoms with Crippen LogP contribution in [0.1, 0.15) is 20.3 Å². The molecule has 84 valence electrons. The van der Waals surface area contributed by atoms with Crippen molar-refractivity contribution >= 4 is 17.3 Å². The Kier molecular flexibility index (Phi) is 3.94. The van der Waals surface area contributed by atoms with Crippen molar-refractivity contribution in [1.29, 1.82) is 0 Å². The molecule has 1 rings (SSSR count). The molecular weight excluding hydrogens is 215 g/mol. The highest BCUT2D eigenvalue weighted by Crippen LogP contribution is 2.26. The van der Waals surface area contributed by atoms with E-state index in [1.54, 1.807) is 0 Å². The second-order valence-corrected chi connectivity index (χ2v) is 4.27. The summed E-state index contributed by atoms with van der Waals surface area (Å²) in [6, 6.07) is 4.25. The number of rotatable bonds is 4. The van der Waals surface area contributed by atoms with Gasteiger partial charge in [-0.15, -0.1) is 0 Å². The summed E-state index contributed by atoms with van der Waals surface area (Å²) in [5.74, 6) is -0.308. The van der Waals surface area contributed by atoms with Crippen LogP contribution in [0.15, 0.2) is 18.2 Å². The van der Waals surface area contributed by atoms with E-state index in [0.717, 1.165) is 6.42 Å². The van der Waals surface area contributed by atoms with Crippen LogP contribution in [-0.2, 0) is 0 Å². The Morgan fingerprint density at radius 1 is 1.53 bits per heavy atom. The van der Waals surface area contributed by atoms with Crippen molar-refractivity contribution in [2.75, 3.05) is 11.9 Å². The molecule has 0 saturated heterocycles. The first-order valence-corrected chi connectivity index (χ1v) is 5.32. The standard InChI is InChI=1S/C11H16ClFN2/c1-3-11(2,7-14)15-10-6-8(13)4-5-9(10)12/h4-6,15H,3,7,14H2,1-2H3. The summed E-state index contributed by atoms with van der Waals surface area (Å²) in [6.07, 6.45) is 0.844. The average Bonchev–Trinajstić information content (AvgIpc) is 2.23. The molecule has 3 N–H and O–H groups in total. The molecule has 0 radical (unpaired) electrons. The molecule has 2 nitrogen and oxygen atoms in total. The molecule has 0 aromatic heterocycles. The fraction of sp³-hybridized carbons (Fsp3) is 0.455. The molecule has 0 aliphatic heterocycles. The van der Waals surface area contributed by atoms with Gasteiger partial charge in [0.2, 0.25) is 0 Å². The van der Waals surface area contributed by atoms with Crippen LogP contribution in [0.25, 0.3) is 0 Å². The molecule has 1 aromatic rings. The van der Waals surface area contributed by atoms with Crippen molar-refractivity contribution < 1.29 is 4.39 Å². The first-order valence-electron chi connectivity index (χ1n) is 4.94. The Bertz CT molecular complexity index is 337. The van der Waals surface area contributed by atoms with Gasteiger partial charge in [0.05, 0.1) is 10.7 Å². The van der Waals surface area contributed by atoms with E-state index >= 15 is 0 Å². The minimum atomic E-state index is -0.308. The van der Waals surface area contributed by atoms with E-state index in [1.165, 1.54) is 18.2 Å². The van der Waals surface area contributed by atoms with Gasteiger partial charge in [0.25, 0.3) is 0 Å². The number of halogens is 2. The fourth-order valence-electron chi connectivity index (χ4n) is 1.20. The van der Waals surface area contributed by atoms with Gasteiger partial charge in [-0.05, 0) is 31.5 Å². The fourth-order valence-corrected chi connectivity index (χ4v) is 1.37. The Labute approximate surface area is 94.6 Å². The van der Waals surface area contributed by atoms with Crippen molar-refractivity contribution in [2.45, 2.75) is 25.8 Å². The molecule has 1 atom stereocenters. The lowest BCUT2D eigenvalue weighted by molar-refractivity contribution is 0.506. The molecule has 15 heavy (non-hydrogen) atoms. The second kappa shape index (κ2) is 4.81. The Hall–Kier alpha value is -0.800. The highest BCUT2D eigenvalue weighted by atomic mass is 35.5. The Morgan fingerprint density at radius 2 is 2.20 bits per heavy atom. The lowest BCUT2D eigenvalue weighted by Crippen LogP contribution is -2.41. The summed E-state index contributed by atoms with van der Waals surface area (Å²) in [5.41, 5.74) is 5.99. The van der Waals surface area contributed by atoms with Gasteiger partial charge in [-0.25, -0.2) is 4.39 Å². The van der Waals surface area contributed by atoms with Crippen molar-refractivity contribution in [2.24, 2.45) is 5.73 Å². The predicted octanol–water partition coefficient (Wildman–Crippen LogP) is 3.02. The zero-order valence-corrected chi connectivity index (χ0v) is 9.74. The van der Waals surface area contributed by atoms with Crippen molar-refractivity contribution in [3.05, 3.63) is 29.0 Å². The van der Waals surface area contributed by atoms with Crippen LogP contribution in [0.2, 0.25) is 5.02 Å². The lowest BCUT2D eigenvalue weighted by Gasteiger charge is -2.29. The third kappa shape index (κ3) is 3.08. The van der Waals surface area contributed by atoms with Crippen LogP contribution in [-0.4, -0.2) is 12.1 Å². The maximum absolute atomic E-state index is 13.0. The van der Waals surface area contributed by atoms with Gasteiger partial charge in [0.1, 0.15) is 5.82 Å². The van der Waals surface area contributed by atoms with E-state index in [9.17, 15) is 4.39 Å². The molecule has 0 aliphatic rings. The molecular formula is C11H16ClFN2. The number of nitrogens with one attached hydrogen (secondary N) is 1. The summed E-state index contributed by atoms with van der Waals surface area (Å²) >= 11 is 5.95. The zero-order chi connectivity index (χ0) is 11.5. The van der Waals surface area contributed by atoms with Gasteiger partial charge in [-0.1, -0.05) is 18.5 Å². The number of nitrogens with two attached hydrogens (primary N) is 1. The summed E-state index contributed by atoms with van der Waals surface area (Å²) in [6.45, 7) is 4.47. The topological polar surface area (TPSA) is 38.0 Å². The van der Waals surface area contributed by atoms with E-state index in [-0.39, 0.29) is 11.4 Å². The molecule has 1 aromatic carbocycles. The molecule has 1 unspecified atom stereocenters. The van der Waals surface area contributed by atoms with Gasteiger partial charge in [0.15, 0.2) is 0 Å². The SMILES string of the molecule is CCC(C)(CN)Nc1cc(F)ccc1Cl. The number of benzene rings is 1. The monoisotopic (exact) mass is 230 g/mol. The number of hydrogen-bond donors (Lipinski definition) is 2. The maximum atomic E-state index is 13.0. The van der Waals surface area contributed by atoms with E-state index in [1.807, 2.05) is 13.8 Å². The van der Waals surface area contributed by atoms with Crippen LogP contribution in [0, 0.1) is 5.82 Å². The first kappa shape index (κ1) is 12.3. The van der Waals surface area contributed by atoms with Crippen LogP contribution < -0.4 is 11.1 Å². The van der Waals surface area contributed by atoms with Gasteiger partial charge < -0.3 is 11.1 Å². The number of hydrogen-bond acceptors (Lipinski definition) is 2. The largest absolute Gasteiger partial charge is 0.377 e. The van der Waals surface area contributed by atoms with Crippen LogP contribution in [0.3, 0.4) is 0 Å². The third-order valence-electron chi connectivity index (χ3n) is 2.60. The van der Waals surface area contributed by atoms with Crippen molar-refractivity contribution in [1.82, 2.24) is 0 Å². The third-order valence-corrected chi connectivity index (χ3v) is 2.93. The molecule has 0 heterocycles. The normalized spacial score (nSPS) is 14.7. The van der Waals surface area contributed by atoms with Crippen molar-refractivity contribution in [3.63, 3.8) is 0 Å². The first-order chi connectivity index (χ1) is 7.00. The summed E-state index contributed by atoms with van der Waals surface area (Å²) in [5, 5.41) is 3.67. The average molecular weight is 231 g/mol. The maximum Gasteiger partial charge on any atom is 0.125 e. The Morgan fingerprint density at radius 3 is 2.73 bits per heavy atom. The number of anilines is 1. The van der Waals surface area contributed by atoms with E-state index in [4.69, 9.17) is 17.3 Å². The van der Waals surface area contributed by atoms with Crippen LogP contribution in [0.4, 0.5) is 10.1 Å². The summed E-state index contributed by atoms with van der Waals surface area (Å²) in [4.78, 5) is 0. The van der Waals surface area contributed by atoms with Gasteiger partial charge in [-0.3, -0.25) is 0 Å². The molecule has 0 spiro atoms. The zero-order valence-electron chi connectivity index (χ0n) is 8.98.